The Kier molecular flexibility index (Phi) is 3.53. The van der Waals surface area contributed by atoms with Gasteiger partial charge in [-0.05, 0) is 23.3 Å². The third-order valence-corrected chi connectivity index (χ3v) is 2.96. The molecule has 0 spiro atoms. The fourth-order valence-electron chi connectivity index (χ4n) is 1.76. The largest absolute Gasteiger partial charge is 0.413 e. The summed E-state index contributed by atoms with van der Waals surface area (Å²) in [5.74, 6) is 0.195. The van der Waals surface area contributed by atoms with Gasteiger partial charge >= 0.3 is 6.18 Å². The van der Waals surface area contributed by atoms with Crippen molar-refractivity contribution >= 4 is 0 Å². The quantitative estimate of drug-likeness (QED) is 0.757. The Morgan fingerprint density at radius 1 is 1.44 bits per heavy atom. The summed E-state index contributed by atoms with van der Waals surface area (Å²) in [7, 11) is 1.55. The van der Waals surface area contributed by atoms with Crippen LogP contribution in [0.25, 0.3) is 0 Å². The van der Waals surface area contributed by atoms with E-state index < -0.39 is 11.7 Å². The van der Waals surface area contributed by atoms with Gasteiger partial charge in [-0.15, -0.1) is 5.10 Å². The first-order chi connectivity index (χ1) is 8.51. The molecule has 0 aromatic carbocycles. The standard InChI is InChI=1S/C9H14F3N5O/c1-18-5-4-13-6-7-14-15-16-17(7)8(2-3-8)9(10,11)12/h13H,2-6H2,1H3. The predicted octanol–water partition coefficient (Wildman–Crippen LogP) is 0.460. The lowest BCUT2D eigenvalue weighted by atomic mass is 10.2. The summed E-state index contributed by atoms with van der Waals surface area (Å²) >= 11 is 0. The topological polar surface area (TPSA) is 64.9 Å². The van der Waals surface area contributed by atoms with E-state index in [9.17, 15) is 13.2 Å². The van der Waals surface area contributed by atoms with E-state index in [1.807, 2.05) is 0 Å². The molecule has 0 aliphatic heterocycles. The zero-order chi connectivity index (χ0) is 13.2. The van der Waals surface area contributed by atoms with E-state index in [1.165, 1.54) is 0 Å². The van der Waals surface area contributed by atoms with Crippen molar-refractivity contribution < 1.29 is 17.9 Å². The molecular formula is C9H14F3N5O. The molecule has 0 radical (unpaired) electrons. The number of nitrogens with zero attached hydrogens (tertiary/aromatic N) is 4. The van der Waals surface area contributed by atoms with Crippen molar-refractivity contribution in [3.8, 4) is 0 Å². The molecule has 1 aliphatic rings. The molecule has 6 nitrogen and oxygen atoms in total. The van der Waals surface area contributed by atoms with E-state index in [1.54, 1.807) is 7.11 Å². The van der Waals surface area contributed by atoms with Crippen LogP contribution >= 0.6 is 0 Å². The molecule has 1 N–H and O–H groups in total. The molecule has 1 fully saturated rings. The van der Waals surface area contributed by atoms with Gasteiger partial charge in [0.25, 0.3) is 0 Å². The molecule has 1 heterocycles. The maximum Gasteiger partial charge on any atom is 0.413 e. The number of ether oxygens (including phenoxy) is 1. The van der Waals surface area contributed by atoms with E-state index in [2.05, 4.69) is 20.8 Å². The van der Waals surface area contributed by atoms with Crippen LogP contribution in [-0.2, 0) is 16.8 Å². The van der Waals surface area contributed by atoms with Crippen LogP contribution in [0.15, 0.2) is 0 Å². The molecule has 0 unspecified atom stereocenters. The highest BCUT2D eigenvalue weighted by Crippen LogP contribution is 2.55. The Hall–Kier alpha value is -1.22. The lowest BCUT2D eigenvalue weighted by molar-refractivity contribution is -0.183. The fraction of sp³-hybridized carbons (Fsp3) is 0.889. The van der Waals surface area contributed by atoms with E-state index in [4.69, 9.17) is 4.74 Å². The molecule has 1 aromatic rings. The summed E-state index contributed by atoms with van der Waals surface area (Å²) in [5.41, 5.74) is -1.89. The number of methoxy groups -OCH3 is 1. The number of nitrogens with one attached hydrogen (secondary N) is 1. The molecular weight excluding hydrogens is 251 g/mol. The van der Waals surface area contributed by atoms with Crippen LogP contribution in [0, 0.1) is 0 Å². The van der Waals surface area contributed by atoms with Crippen LogP contribution in [-0.4, -0.2) is 46.6 Å². The van der Waals surface area contributed by atoms with Crippen molar-refractivity contribution in [2.75, 3.05) is 20.3 Å². The van der Waals surface area contributed by atoms with Crippen LogP contribution < -0.4 is 5.32 Å². The lowest BCUT2D eigenvalue weighted by Gasteiger charge is -2.20. The van der Waals surface area contributed by atoms with Gasteiger partial charge < -0.3 is 10.1 Å². The summed E-state index contributed by atoms with van der Waals surface area (Å²) in [6, 6.07) is 0. The van der Waals surface area contributed by atoms with E-state index in [-0.39, 0.29) is 25.2 Å². The van der Waals surface area contributed by atoms with Gasteiger partial charge in [-0.25, -0.2) is 4.68 Å². The minimum atomic E-state index is -4.32. The first-order valence-electron chi connectivity index (χ1n) is 5.55. The Morgan fingerprint density at radius 2 is 2.17 bits per heavy atom. The molecule has 102 valence electrons. The van der Waals surface area contributed by atoms with Gasteiger partial charge in [0.1, 0.15) is 0 Å². The third-order valence-electron chi connectivity index (χ3n) is 2.96. The fourth-order valence-corrected chi connectivity index (χ4v) is 1.76. The van der Waals surface area contributed by atoms with Gasteiger partial charge in [-0.3, -0.25) is 0 Å². The number of hydrogen-bond acceptors (Lipinski definition) is 5. The zero-order valence-corrected chi connectivity index (χ0v) is 9.87. The van der Waals surface area contributed by atoms with Crippen molar-refractivity contribution in [3.05, 3.63) is 5.82 Å². The van der Waals surface area contributed by atoms with Crippen molar-refractivity contribution in [1.29, 1.82) is 0 Å². The minimum Gasteiger partial charge on any atom is -0.383 e. The smallest absolute Gasteiger partial charge is 0.383 e. The van der Waals surface area contributed by atoms with Gasteiger partial charge in [-0.1, -0.05) is 0 Å². The van der Waals surface area contributed by atoms with Crippen molar-refractivity contribution in [2.45, 2.75) is 31.1 Å². The Bertz CT molecular complexity index is 401. The normalized spacial score (nSPS) is 18.0. The van der Waals surface area contributed by atoms with Crippen molar-refractivity contribution in [2.24, 2.45) is 0 Å². The SMILES string of the molecule is COCCNCc1nnnn1C1(C(F)(F)F)CC1. The van der Waals surface area contributed by atoms with Crippen LogP contribution in [0.1, 0.15) is 18.7 Å². The van der Waals surface area contributed by atoms with Gasteiger partial charge in [0.15, 0.2) is 11.4 Å². The predicted molar refractivity (Wildman–Crippen MR) is 54.7 cm³/mol. The highest BCUT2D eigenvalue weighted by Gasteiger charge is 2.66. The third kappa shape index (κ3) is 2.32. The Morgan fingerprint density at radius 3 is 2.72 bits per heavy atom. The van der Waals surface area contributed by atoms with Gasteiger partial charge in [-0.2, -0.15) is 13.2 Å². The van der Waals surface area contributed by atoms with E-state index >= 15 is 0 Å². The Balaban J connectivity index is 2.04. The molecule has 0 atom stereocenters. The second-order valence-electron chi connectivity index (χ2n) is 4.21. The van der Waals surface area contributed by atoms with Crippen LogP contribution in [0.5, 0.6) is 0 Å². The van der Waals surface area contributed by atoms with Crippen molar-refractivity contribution in [1.82, 2.24) is 25.5 Å². The summed E-state index contributed by atoms with van der Waals surface area (Å²) < 4.78 is 44.5. The molecule has 1 aromatic heterocycles. The Labute approximate surface area is 101 Å². The second kappa shape index (κ2) is 4.81. The highest BCUT2D eigenvalue weighted by molar-refractivity contribution is 5.07. The maximum atomic E-state index is 12.9. The van der Waals surface area contributed by atoms with Crippen LogP contribution in [0.3, 0.4) is 0 Å². The zero-order valence-electron chi connectivity index (χ0n) is 9.87. The van der Waals surface area contributed by atoms with Crippen LogP contribution in [0.4, 0.5) is 13.2 Å². The highest BCUT2D eigenvalue weighted by atomic mass is 19.4. The summed E-state index contributed by atoms with van der Waals surface area (Å²) in [4.78, 5) is 0. The second-order valence-corrected chi connectivity index (χ2v) is 4.21. The monoisotopic (exact) mass is 265 g/mol. The number of hydrogen-bond donors (Lipinski definition) is 1. The lowest BCUT2D eigenvalue weighted by Crippen LogP contribution is -2.37. The number of rotatable bonds is 6. The molecule has 0 saturated heterocycles. The van der Waals surface area contributed by atoms with Gasteiger partial charge in [0, 0.05) is 13.7 Å². The maximum absolute atomic E-state index is 12.9. The molecule has 1 saturated carbocycles. The average Bonchev–Trinajstić information content (AvgIpc) is 2.99. The molecule has 18 heavy (non-hydrogen) atoms. The molecule has 0 bridgehead atoms. The van der Waals surface area contributed by atoms with Gasteiger partial charge in [0.05, 0.1) is 13.2 Å². The first-order valence-corrected chi connectivity index (χ1v) is 5.55. The number of aromatic nitrogens is 4. The molecule has 9 heteroatoms. The number of tetrazole rings is 1. The minimum absolute atomic E-state index is 0.0343. The number of halogens is 3. The number of alkyl halides is 3. The molecule has 1 aliphatic carbocycles. The van der Waals surface area contributed by atoms with Gasteiger partial charge in [0.2, 0.25) is 0 Å². The summed E-state index contributed by atoms with van der Waals surface area (Å²) in [5, 5.41) is 13.4. The molecule has 0 amide bonds. The average molecular weight is 265 g/mol. The first kappa shape index (κ1) is 13.2. The van der Waals surface area contributed by atoms with E-state index in [0.717, 1.165) is 4.68 Å². The van der Waals surface area contributed by atoms with Crippen molar-refractivity contribution in [3.63, 3.8) is 0 Å². The summed E-state index contributed by atoms with van der Waals surface area (Å²) in [6.07, 6.45) is -4.25. The van der Waals surface area contributed by atoms with Crippen LogP contribution in [0.2, 0.25) is 0 Å². The van der Waals surface area contributed by atoms with E-state index in [0.29, 0.717) is 13.2 Å². The molecule has 2 rings (SSSR count). The summed E-state index contributed by atoms with van der Waals surface area (Å²) in [6.45, 7) is 1.20.